The number of nitrogens with one attached hydrogen (secondary N) is 2. The molecule has 0 unspecified atom stereocenters. The van der Waals surface area contributed by atoms with Gasteiger partial charge in [-0.1, -0.05) is 23.1 Å². The Kier molecular flexibility index (Phi) is 7.26. The second kappa shape index (κ2) is 8.72. The van der Waals surface area contributed by atoms with Gasteiger partial charge < -0.3 is 14.8 Å². The number of hydrogen-bond donors (Lipinski definition) is 2. The Morgan fingerprint density at radius 3 is 2.80 bits per heavy atom. The Morgan fingerprint density at radius 2 is 2.15 bits per heavy atom. The summed E-state index contributed by atoms with van der Waals surface area (Å²) in [7, 11) is 2.81. The molecule has 0 aliphatic carbocycles. The first-order valence-electron chi connectivity index (χ1n) is 5.68. The van der Waals surface area contributed by atoms with Crippen LogP contribution in [0.2, 0.25) is 0 Å². The molecular formula is C10H16N4O4S2. The molecule has 2 amide bonds. The molecule has 8 nitrogen and oxygen atoms in total. The van der Waals surface area contributed by atoms with E-state index in [4.69, 9.17) is 4.74 Å². The van der Waals surface area contributed by atoms with Crippen LogP contribution < -0.4 is 10.6 Å². The van der Waals surface area contributed by atoms with Crippen molar-refractivity contribution in [3.8, 4) is 0 Å². The van der Waals surface area contributed by atoms with Crippen molar-refractivity contribution in [3.63, 3.8) is 0 Å². The third kappa shape index (κ3) is 5.72. The number of alkyl carbamates (subject to hydrolysis) is 1. The highest BCUT2D eigenvalue weighted by molar-refractivity contribution is 8.02. The van der Waals surface area contributed by atoms with Crippen LogP contribution in [0, 0.1) is 0 Å². The van der Waals surface area contributed by atoms with E-state index in [0.29, 0.717) is 22.6 Å². The number of aromatic nitrogens is 2. The van der Waals surface area contributed by atoms with E-state index in [-0.39, 0.29) is 0 Å². The van der Waals surface area contributed by atoms with Crippen LogP contribution in [0.15, 0.2) is 4.34 Å². The highest BCUT2D eigenvalue weighted by Gasteiger charge is 2.19. The van der Waals surface area contributed by atoms with Crippen molar-refractivity contribution in [2.45, 2.75) is 16.5 Å². The van der Waals surface area contributed by atoms with Gasteiger partial charge in [0.25, 0.3) is 0 Å². The van der Waals surface area contributed by atoms with Crippen molar-refractivity contribution in [2.24, 2.45) is 0 Å². The van der Waals surface area contributed by atoms with Crippen molar-refractivity contribution in [1.29, 1.82) is 0 Å². The van der Waals surface area contributed by atoms with Gasteiger partial charge in [-0.15, -0.1) is 10.2 Å². The predicted octanol–water partition coefficient (Wildman–Crippen LogP) is 0.960. The third-order valence-electron chi connectivity index (χ3n) is 2.05. The number of nitrogens with zero attached hydrogens (tertiary/aromatic N) is 2. The average molecular weight is 320 g/mol. The van der Waals surface area contributed by atoms with Crippen LogP contribution in [0.4, 0.5) is 9.93 Å². The molecule has 1 aromatic heterocycles. The van der Waals surface area contributed by atoms with E-state index in [1.54, 1.807) is 14.0 Å². The van der Waals surface area contributed by atoms with E-state index in [0.717, 1.165) is 0 Å². The Labute approximate surface area is 124 Å². The summed E-state index contributed by atoms with van der Waals surface area (Å²) >= 11 is 2.55. The van der Waals surface area contributed by atoms with Crippen LogP contribution in [-0.4, -0.2) is 54.8 Å². The molecule has 0 aliphatic rings. The van der Waals surface area contributed by atoms with Crippen LogP contribution in [0.3, 0.4) is 0 Å². The van der Waals surface area contributed by atoms with Gasteiger partial charge in [-0.25, -0.2) is 4.79 Å². The summed E-state index contributed by atoms with van der Waals surface area (Å²) < 4.78 is 9.90. The quantitative estimate of drug-likeness (QED) is 0.566. The molecule has 0 saturated carbocycles. The molecule has 0 fully saturated rings. The molecule has 0 saturated heterocycles. The van der Waals surface area contributed by atoms with Crippen molar-refractivity contribution in [1.82, 2.24) is 15.5 Å². The van der Waals surface area contributed by atoms with E-state index in [2.05, 4.69) is 25.6 Å². The predicted molar refractivity (Wildman–Crippen MR) is 76.1 cm³/mol. The van der Waals surface area contributed by atoms with Gasteiger partial charge in [-0.05, 0) is 6.92 Å². The lowest BCUT2D eigenvalue weighted by atomic mass is 10.4. The molecule has 0 aromatic carbocycles. The van der Waals surface area contributed by atoms with Crippen molar-refractivity contribution >= 4 is 40.2 Å². The lowest BCUT2D eigenvalue weighted by Gasteiger charge is -2.07. The van der Waals surface area contributed by atoms with Gasteiger partial charge in [-0.2, -0.15) is 0 Å². The molecule has 20 heavy (non-hydrogen) atoms. The number of rotatable bonds is 7. The number of ether oxygens (including phenoxy) is 2. The smallest absolute Gasteiger partial charge is 0.413 e. The first-order valence-corrected chi connectivity index (χ1v) is 7.38. The standard InChI is InChI=1S/C10H16N4O4S2/c1-6(7(15)12-9(16)18-3)19-10-14-13-8(20-10)11-4-5-17-2/h6H,4-5H2,1-3H3,(H,11,13)(H,12,15,16)/t6-/m1/s1. The van der Waals surface area contributed by atoms with E-state index >= 15 is 0 Å². The Morgan fingerprint density at radius 1 is 1.40 bits per heavy atom. The zero-order valence-corrected chi connectivity index (χ0v) is 13.0. The minimum atomic E-state index is -0.776. The summed E-state index contributed by atoms with van der Waals surface area (Å²) in [5.41, 5.74) is 0. The van der Waals surface area contributed by atoms with Gasteiger partial charge in [-0.3, -0.25) is 10.1 Å². The maximum atomic E-state index is 11.6. The van der Waals surface area contributed by atoms with Crippen molar-refractivity contribution in [2.75, 3.05) is 32.7 Å². The van der Waals surface area contributed by atoms with Crippen LogP contribution in [0.25, 0.3) is 0 Å². The van der Waals surface area contributed by atoms with Crippen LogP contribution in [0.5, 0.6) is 0 Å². The Bertz CT molecular complexity index is 454. The molecule has 1 atom stereocenters. The van der Waals surface area contributed by atoms with Crippen LogP contribution in [0.1, 0.15) is 6.92 Å². The largest absolute Gasteiger partial charge is 0.453 e. The molecule has 1 aromatic rings. The number of amides is 2. The van der Waals surface area contributed by atoms with Gasteiger partial charge >= 0.3 is 6.09 Å². The SMILES string of the molecule is COCCNc1nnc(S[C@H](C)C(=O)NC(=O)OC)s1. The van der Waals surface area contributed by atoms with Gasteiger partial charge in [0.05, 0.1) is 19.0 Å². The fourth-order valence-electron chi connectivity index (χ4n) is 1.05. The molecule has 2 N–H and O–H groups in total. The molecule has 112 valence electrons. The second-order valence-corrected chi connectivity index (χ2v) is 6.10. The fraction of sp³-hybridized carbons (Fsp3) is 0.600. The highest BCUT2D eigenvalue weighted by Crippen LogP contribution is 2.28. The third-order valence-corrected chi connectivity index (χ3v) is 4.11. The van der Waals surface area contributed by atoms with Gasteiger partial charge in [0.15, 0.2) is 4.34 Å². The summed E-state index contributed by atoms with van der Waals surface area (Å²) in [5.74, 6) is -0.439. The van der Waals surface area contributed by atoms with E-state index in [9.17, 15) is 9.59 Å². The summed E-state index contributed by atoms with van der Waals surface area (Å²) in [5, 5.41) is 13.2. The van der Waals surface area contributed by atoms with E-state index < -0.39 is 17.3 Å². The molecule has 1 heterocycles. The van der Waals surface area contributed by atoms with Gasteiger partial charge in [0.1, 0.15) is 0 Å². The van der Waals surface area contributed by atoms with Crippen molar-refractivity contribution in [3.05, 3.63) is 0 Å². The monoisotopic (exact) mass is 320 g/mol. The van der Waals surface area contributed by atoms with Crippen molar-refractivity contribution < 1.29 is 19.1 Å². The number of hydrogen-bond acceptors (Lipinski definition) is 9. The maximum absolute atomic E-state index is 11.6. The molecule has 0 radical (unpaired) electrons. The Hall–Kier alpha value is -1.39. The van der Waals surface area contributed by atoms with E-state index in [1.165, 1.54) is 30.2 Å². The molecule has 0 bridgehead atoms. The van der Waals surface area contributed by atoms with Gasteiger partial charge in [0, 0.05) is 13.7 Å². The number of anilines is 1. The molecule has 0 aliphatic heterocycles. The number of thioether (sulfide) groups is 1. The molecule has 10 heteroatoms. The first kappa shape index (κ1) is 16.7. The summed E-state index contributed by atoms with van der Waals surface area (Å²) in [6.07, 6.45) is -0.776. The minimum absolute atomic E-state index is 0.439. The number of carbonyl (C=O) groups is 2. The normalized spacial score (nSPS) is 11.8. The molecular weight excluding hydrogens is 304 g/mol. The lowest BCUT2D eigenvalue weighted by Crippen LogP contribution is -2.35. The summed E-state index contributed by atoms with van der Waals surface area (Å²) in [4.78, 5) is 22.5. The second-order valence-electron chi connectivity index (χ2n) is 3.53. The number of methoxy groups -OCH3 is 2. The summed E-state index contributed by atoms with van der Waals surface area (Å²) in [6.45, 7) is 2.87. The topological polar surface area (TPSA) is 102 Å². The minimum Gasteiger partial charge on any atom is -0.453 e. The summed E-state index contributed by atoms with van der Waals surface area (Å²) in [6, 6.07) is 0. The maximum Gasteiger partial charge on any atom is 0.413 e. The van der Waals surface area contributed by atoms with Gasteiger partial charge in [0.2, 0.25) is 11.0 Å². The Balaban J connectivity index is 2.43. The number of carbonyl (C=O) groups excluding carboxylic acids is 2. The molecule has 0 spiro atoms. The van der Waals surface area contributed by atoms with E-state index in [1.807, 2.05) is 0 Å². The lowest BCUT2D eigenvalue weighted by molar-refractivity contribution is -0.119. The zero-order chi connectivity index (χ0) is 15.0. The highest BCUT2D eigenvalue weighted by atomic mass is 32.2. The average Bonchev–Trinajstić information content (AvgIpc) is 2.86. The number of imide groups is 1. The van der Waals surface area contributed by atoms with Crippen LogP contribution >= 0.6 is 23.1 Å². The van der Waals surface area contributed by atoms with Crippen LogP contribution in [-0.2, 0) is 14.3 Å². The fourth-order valence-corrected chi connectivity index (χ4v) is 2.97. The zero-order valence-electron chi connectivity index (χ0n) is 11.3. The molecule has 1 rings (SSSR count). The first-order chi connectivity index (χ1) is 9.56.